The van der Waals surface area contributed by atoms with E-state index in [4.69, 9.17) is 4.52 Å². The number of aliphatic imine (C=N–C) groups is 1. The van der Waals surface area contributed by atoms with Gasteiger partial charge in [0.1, 0.15) is 6.26 Å². The van der Waals surface area contributed by atoms with Crippen LogP contribution in [0.15, 0.2) is 46.4 Å². The molecule has 0 unspecified atom stereocenters. The molecule has 3 heterocycles. The average Bonchev–Trinajstić information content (AvgIpc) is 3.14. The summed E-state index contributed by atoms with van der Waals surface area (Å²) in [6.45, 7) is 5.62. The zero-order chi connectivity index (χ0) is 16.6. The molecule has 0 bridgehead atoms. The first-order chi connectivity index (χ1) is 11.8. The van der Waals surface area contributed by atoms with Gasteiger partial charge in [-0.05, 0) is 18.1 Å². The van der Waals surface area contributed by atoms with Crippen LogP contribution in [0.25, 0.3) is 0 Å². The summed E-state index contributed by atoms with van der Waals surface area (Å²) in [7, 11) is 1.84. The zero-order valence-electron chi connectivity index (χ0n) is 14.1. The zero-order valence-corrected chi connectivity index (χ0v) is 14.1. The standard InChI is InChI=1S/C17H24N6O/c1-18-17(20-7-4-15-3-2-6-19-13-15)23-10-8-22(9-11-23)14-16-5-12-24-21-16/h2-3,5-6,12-13H,4,7-11,14H2,1H3,(H,18,20). The fourth-order valence-electron chi connectivity index (χ4n) is 2.86. The van der Waals surface area contributed by atoms with E-state index in [1.54, 1.807) is 12.5 Å². The van der Waals surface area contributed by atoms with Gasteiger partial charge in [0.15, 0.2) is 5.96 Å². The first-order valence-electron chi connectivity index (χ1n) is 8.31. The van der Waals surface area contributed by atoms with Crippen LogP contribution in [-0.4, -0.2) is 65.7 Å². The lowest BCUT2D eigenvalue weighted by molar-refractivity contribution is 0.169. The van der Waals surface area contributed by atoms with Crippen LogP contribution in [0.4, 0.5) is 0 Å². The van der Waals surface area contributed by atoms with Crippen molar-refractivity contribution in [2.45, 2.75) is 13.0 Å². The summed E-state index contributed by atoms with van der Waals surface area (Å²) in [6, 6.07) is 5.99. The van der Waals surface area contributed by atoms with Crippen molar-refractivity contribution in [3.05, 3.63) is 48.1 Å². The SMILES string of the molecule is CN=C(NCCc1cccnc1)N1CCN(Cc2ccon2)CC1. The van der Waals surface area contributed by atoms with Crippen LogP contribution in [0.5, 0.6) is 0 Å². The Balaban J connectivity index is 1.42. The van der Waals surface area contributed by atoms with Crippen molar-refractivity contribution in [1.82, 2.24) is 25.3 Å². The second-order valence-corrected chi connectivity index (χ2v) is 5.84. The topological polar surface area (TPSA) is 69.8 Å². The number of hydrogen-bond acceptors (Lipinski definition) is 5. The summed E-state index contributed by atoms with van der Waals surface area (Å²) in [4.78, 5) is 13.3. The minimum absolute atomic E-state index is 0.845. The first kappa shape index (κ1) is 16.4. The van der Waals surface area contributed by atoms with Gasteiger partial charge in [-0.1, -0.05) is 11.2 Å². The molecular formula is C17H24N6O. The third-order valence-corrected chi connectivity index (χ3v) is 4.18. The Morgan fingerprint density at radius 1 is 1.29 bits per heavy atom. The quantitative estimate of drug-likeness (QED) is 0.652. The number of nitrogens with zero attached hydrogens (tertiary/aromatic N) is 5. The van der Waals surface area contributed by atoms with Crippen molar-refractivity contribution >= 4 is 5.96 Å². The van der Waals surface area contributed by atoms with Gasteiger partial charge in [0.2, 0.25) is 0 Å². The molecule has 1 fully saturated rings. The average molecular weight is 328 g/mol. The number of aromatic nitrogens is 2. The maximum Gasteiger partial charge on any atom is 0.193 e. The monoisotopic (exact) mass is 328 g/mol. The minimum Gasteiger partial charge on any atom is -0.364 e. The van der Waals surface area contributed by atoms with Crippen LogP contribution >= 0.6 is 0 Å². The number of hydrogen-bond donors (Lipinski definition) is 1. The number of piperazine rings is 1. The highest BCUT2D eigenvalue weighted by Gasteiger charge is 2.20. The normalized spacial score (nSPS) is 16.4. The summed E-state index contributed by atoms with van der Waals surface area (Å²) in [5.74, 6) is 0.972. The van der Waals surface area contributed by atoms with E-state index in [1.165, 1.54) is 5.56 Å². The Hall–Kier alpha value is -2.41. The third-order valence-electron chi connectivity index (χ3n) is 4.18. The van der Waals surface area contributed by atoms with E-state index in [0.717, 1.165) is 57.3 Å². The molecule has 24 heavy (non-hydrogen) atoms. The molecule has 2 aromatic rings. The predicted molar refractivity (Wildman–Crippen MR) is 92.7 cm³/mol. The lowest BCUT2D eigenvalue weighted by Gasteiger charge is -2.36. The largest absolute Gasteiger partial charge is 0.364 e. The van der Waals surface area contributed by atoms with Gasteiger partial charge in [0.25, 0.3) is 0 Å². The van der Waals surface area contributed by atoms with E-state index in [2.05, 4.69) is 36.3 Å². The lowest BCUT2D eigenvalue weighted by Crippen LogP contribution is -2.52. The van der Waals surface area contributed by atoms with Gasteiger partial charge in [-0.2, -0.15) is 0 Å². The van der Waals surface area contributed by atoms with Gasteiger partial charge >= 0.3 is 0 Å². The van der Waals surface area contributed by atoms with Gasteiger partial charge in [0.05, 0.1) is 5.69 Å². The number of guanidine groups is 1. The van der Waals surface area contributed by atoms with Crippen LogP contribution in [0.1, 0.15) is 11.3 Å². The van der Waals surface area contributed by atoms with E-state index in [0.29, 0.717) is 0 Å². The first-order valence-corrected chi connectivity index (χ1v) is 8.31. The summed E-state index contributed by atoms with van der Waals surface area (Å²) in [5, 5.41) is 7.43. The second-order valence-electron chi connectivity index (χ2n) is 5.84. The molecule has 0 atom stereocenters. The van der Waals surface area contributed by atoms with Crippen molar-refractivity contribution in [2.75, 3.05) is 39.8 Å². The molecule has 7 nitrogen and oxygen atoms in total. The number of nitrogens with one attached hydrogen (secondary N) is 1. The Kier molecular flexibility index (Phi) is 5.79. The van der Waals surface area contributed by atoms with Gasteiger partial charge < -0.3 is 14.7 Å². The number of rotatable bonds is 5. The van der Waals surface area contributed by atoms with E-state index >= 15 is 0 Å². The molecule has 0 spiro atoms. The van der Waals surface area contributed by atoms with Crippen molar-refractivity contribution < 1.29 is 4.52 Å². The van der Waals surface area contributed by atoms with Gasteiger partial charge in [-0.25, -0.2) is 0 Å². The summed E-state index contributed by atoms with van der Waals surface area (Å²) >= 11 is 0. The van der Waals surface area contributed by atoms with Crippen LogP contribution in [0.3, 0.4) is 0 Å². The van der Waals surface area contributed by atoms with Crippen LogP contribution < -0.4 is 5.32 Å². The Morgan fingerprint density at radius 3 is 2.83 bits per heavy atom. The fourth-order valence-corrected chi connectivity index (χ4v) is 2.86. The highest BCUT2D eigenvalue weighted by atomic mass is 16.5. The van der Waals surface area contributed by atoms with Gasteiger partial charge in [-0.3, -0.25) is 14.9 Å². The molecule has 0 amide bonds. The molecule has 2 aromatic heterocycles. The van der Waals surface area contributed by atoms with Crippen molar-refractivity contribution in [3.8, 4) is 0 Å². The second kappa shape index (κ2) is 8.44. The predicted octanol–water partition coefficient (Wildman–Crippen LogP) is 1.01. The molecule has 0 saturated carbocycles. The summed E-state index contributed by atoms with van der Waals surface area (Å²) < 4.78 is 4.89. The van der Waals surface area contributed by atoms with E-state index in [-0.39, 0.29) is 0 Å². The smallest absolute Gasteiger partial charge is 0.193 e. The van der Waals surface area contributed by atoms with Gasteiger partial charge in [-0.15, -0.1) is 0 Å². The van der Waals surface area contributed by atoms with E-state index < -0.39 is 0 Å². The number of pyridine rings is 1. The van der Waals surface area contributed by atoms with Crippen LogP contribution in [0.2, 0.25) is 0 Å². The molecule has 1 N–H and O–H groups in total. The molecule has 128 valence electrons. The Bertz CT molecular complexity index is 620. The molecule has 0 aromatic carbocycles. The van der Waals surface area contributed by atoms with E-state index in [1.807, 2.05) is 25.4 Å². The highest BCUT2D eigenvalue weighted by molar-refractivity contribution is 5.80. The van der Waals surface area contributed by atoms with E-state index in [9.17, 15) is 0 Å². The molecular weight excluding hydrogens is 304 g/mol. The van der Waals surface area contributed by atoms with Crippen molar-refractivity contribution in [2.24, 2.45) is 4.99 Å². The highest BCUT2D eigenvalue weighted by Crippen LogP contribution is 2.07. The Morgan fingerprint density at radius 2 is 2.17 bits per heavy atom. The molecule has 1 aliphatic heterocycles. The maximum atomic E-state index is 4.89. The molecule has 1 saturated heterocycles. The molecule has 3 rings (SSSR count). The van der Waals surface area contributed by atoms with Crippen molar-refractivity contribution in [1.29, 1.82) is 0 Å². The summed E-state index contributed by atoms with van der Waals surface area (Å²) in [6.07, 6.45) is 6.28. The third kappa shape index (κ3) is 4.55. The minimum atomic E-state index is 0.845. The van der Waals surface area contributed by atoms with Crippen LogP contribution in [0, 0.1) is 0 Å². The van der Waals surface area contributed by atoms with Gasteiger partial charge in [0, 0.05) is 64.8 Å². The molecule has 0 aliphatic carbocycles. The maximum absolute atomic E-state index is 4.89. The molecule has 0 radical (unpaired) electrons. The molecule has 1 aliphatic rings. The summed E-state index contributed by atoms with van der Waals surface area (Å²) in [5.41, 5.74) is 2.22. The lowest BCUT2D eigenvalue weighted by atomic mass is 10.2. The fraction of sp³-hybridized carbons (Fsp3) is 0.471. The Labute approximate surface area is 142 Å². The molecule has 7 heteroatoms. The van der Waals surface area contributed by atoms with Crippen LogP contribution in [-0.2, 0) is 13.0 Å². The van der Waals surface area contributed by atoms with Crippen molar-refractivity contribution in [3.63, 3.8) is 0 Å².